The number of hydrogen-bond donors (Lipinski definition) is 0. The standard InChI is InChI=1S/C19H25NS/c1-19(2,3)16-8-6-15(7-9-16)18-11-10-17(21-18)14-20-12-4-5-13-20/h6-11H,4-5,12-14H2,1-3H3. The summed E-state index contributed by atoms with van der Waals surface area (Å²) in [7, 11) is 0. The van der Waals surface area contributed by atoms with Gasteiger partial charge in [-0.3, -0.25) is 4.90 Å². The minimum atomic E-state index is 0.231. The van der Waals surface area contributed by atoms with Crippen molar-refractivity contribution in [2.45, 2.75) is 45.6 Å². The second-order valence-electron chi connectivity index (χ2n) is 7.08. The molecule has 2 heterocycles. The van der Waals surface area contributed by atoms with E-state index in [1.807, 2.05) is 11.3 Å². The molecule has 0 atom stereocenters. The Kier molecular flexibility index (Phi) is 4.19. The van der Waals surface area contributed by atoms with Gasteiger partial charge in [-0.25, -0.2) is 0 Å². The highest BCUT2D eigenvalue weighted by molar-refractivity contribution is 7.15. The van der Waals surface area contributed by atoms with E-state index in [0.717, 1.165) is 6.54 Å². The van der Waals surface area contributed by atoms with Gasteiger partial charge in [0.05, 0.1) is 0 Å². The van der Waals surface area contributed by atoms with Crippen LogP contribution >= 0.6 is 11.3 Å². The minimum absolute atomic E-state index is 0.231. The molecule has 0 amide bonds. The van der Waals surface area contributed by atoms with Crippen LogP contribution in [0, 0.1) is 0 Å². The number of likely N-dealkylation sites (tertiary alicyclic amines) is 1. The summed E-state index contributed by atoms with van der Waals surface area (Å²) in [4.78, 5) is 5.45. The minimum Gasteiger partial charge on any atom is -0.298 e. The van der Waals surface area contributed by atoms with Gasteiger partial charge in [0.1, 0.15) is 0 Å². The van der Waals surface area contributed by atoms with Crippen LogP contribution < -0.4 is 0 Å². The molecule has 1 nitrogen and oxygen atoms in total. The molecule has 3 rings (SSSR count). The first kappa shape index (κ1) is 14.8. The number of hydrogen-bond acceptors (Lipinski definition) is 2. The average molecular weight is 299 g/mol. The van der Waals surface area contributed by atoms with Gasteiger partial charge in [0.2, 0.25) is 0 Å². The van der Waals surface area contributed by atoms with Crippen molar-refractivity contribution < 1.29 is 0 Å². The molecule has 0 unspecified atom stereocenters. The van der Waals surface area contributed by atoms with Crippen LogP contribution in [0.3, 0.4) is 0 Å². The molecule has 1 aliphatic rings. The predicted molar refractivity (Wildman–Crippen MR) is 93.0 cm³/mol. The first-order valence-electron chi connectivity index (χ1n) is 7.94. The average Bonchev–Trinajstić information content (AvgIpc) is 3.10. The molecule has 1 aromatic carbocycles. The van der Waals surface area contributed by atoms with Crippen LogP contribution in [0.2, 0.25) is 0 Å². The van der Waals surface area contributed by atoms with Crippen LogP contribution in [-0.4, -0.2) is 18.0 Å². The highest BCUT2D eigenvalue weighted by Gasteiger charge is 2.15. The zero-order valence-corrected chi connectivity index (χ0v) is 14.2. The highest BCUT2D eigenvalue weighted by Crippen LogP contribution is 2.31. The lowest BCUT2D eigenvalue weighted by Gasteiger charge is -2.19. The lowest BCUT2D eigenvalue weighted by atomic mass is 9.86. The summed E-state index contributed by atoms with van der Waals surface area (Å²) in [5.74, 6) is 0. The molecule has 0 spiro atoms. The third kappa shape index (κ3) is 3.56. The molecular formula is C19H25NS. The molecule has 0 aliphatic carbocycles. The van der Waals surface area contributed by atoms with Crippen molar-refractivity contribution in [2.75, 3.05) is 13.1 Å². The molecule has 2 aromatic rings. The molecule has 112 valence electrons. The summed E-state index contributed by atoms with van der Waals surface area (Å²) < 4.78 is 0. The second kappa shape index (κ2) is 5.94. The maximum absolute atomic E-state index is 2.57. The summed E-state index contributed by atoms with van der Waals surface area (Å²) in [5.41, 5.74) is 2.98. The van der Waals surface area contributed by atoms with Gasteiger partial charge in [-0.2, -0.15) is 0 Å². The van der Waals surface area contributed by atoms with E-state index in [1.54, 1.807) is 0 Å². The van der Waals surface area contributed by atoms with Crippen molar-refractivity contribution in [3.8, 4) is 10.4 Å². The van der Waals surface area contributed by atoms with Gasteiger partial charge in [0.25, 0.3) is 0 Å². The van der Waals surface area contributed by atoms with Crippen LogP contribution in [0.4, 0.5) is 0 Å². The summed E-state index contributed by atoms with van der Waals surface area (Å²) >= 11 is 1.94. The first-order chi connectivity index (χ1) is 10.0. The third-order valence-electron chi connectivity index (χ3n) is 4.28. The van der Waals surface area contributed by atoms with Crippen molar-refractivity contribution in [3.05, 3.63) is 46.8 Å². The Bertz CT molecular complexity index is 583. The summed E-state index contributed by atoms with van der Waals surface area (Å²) in [5, 5.41) is 0. The number of thiophene rings is 1. The largest absolute Gasteiger partial charge is 0.298 e. The Hall–Kier alpha value is -1.12. The fraction of sp³-hybridized carbons (Fsp3) is 0.474. The van der Waals surface area contributed by atoms with E-state index in [0.29, 0.717) is 0 Å². The molecule has 1 saturated heterocycles. The fourth-order valence-corrected chi connectivity index (χ4v) is 3.97. The molecule has 0 saturated carbocycles. The van der Waals surface area contributed by atoms with Crippen LogP contribution in [-0.2, 0) is 12.0 Å². The van der Waals surface area contributed by atoms with Crippen molar-refractivity contribution in [1.29, 1.82) is 0 Å². The number of benzene rings is 1. The molecule has 0 bridgehead atoms. The third-order valence-corrected chi connectivity index (χ3v) is 5.39. The smallest absolute Gasteiger partial charge is 0.0346 e. The van der Waals surface area contributed by atoms with Crippen molar-refractivity contribution in [1.82, 2.24) is 4.90 Å². The van der Waals surface area contributed by atoms with Gasteiger partial charge in [-0.05, 0) is 54.6 Å². The van der Waals surface area contributed by atoms with Gasteiger partial charge in [0.15, 0.2) is 0 Å². The monoisotopic (exact) mass is 299 g/mol. The molecule has 0 N–H and O–H groups in total. The van der Waals surface area contributed by atoms with E-state index >= 15 is 0 Å². The SMILES string of the molecule is CC(C)(C)c1ccc(-c2ccc(CN3CCCC3)s2)cc1. The van der Waals surface area contributed by atoms with Crippen LogP contribution in [0.1, 0.15) is 44.1 Å². The van der Waals surface area contributed by atoms with E-state index in [2.05, 4.69) is 62.1 Å². The summed E-state index contributed by atoms with van der Waals surface area (Å²) in [6, 6.07) is 13.7. The highest BCUT2D eigenvalue weighted by atomic mass is 32.1. The Labute approximate surface area is 132 Å². The number of nitrogens with zero attached hydrogens (tertiary/aromatic N) is 1. The van der Waals surface area contributed by atoms with Crippen LogP contribution in [0.5, 0.6) is 0 Å². The Morgan fingerprint density at radius 3 is 2.24 bits per heavy atom. The first-order valence-corrected chi connectivity index (χ1v) is 8.76. The molecule has 21 heavy (non-hydrogen) atoms. The molecule has 1 fully saturated rings. The van der Waals surface area contributed by atoms with E-state index in [-0.39, 0.29) is 5.41 Å². The normalized spacial score (nSPS) is 16.5. The molecule has 1 aromatic heterocycles. The lowest BCUT2D eigenvalue weighted by molar-refractivity contribution is 0.334. The summed E-state index contributed by atoms with van der Waals surface area (Å²) in [6.07, 6.45) is 2.74. The Morgan fingerprint density at radius 1 is 0.952 bits per heavy atom. The zero-order chi connectivity index (χ0) is 14.9. The van der Waals surface area contributed by atoms with Gasteiger partial charge >= 0.3 is 0 Å². The van der Waals surface area contributed by atoms with Gasteiger partial charge in [-0.15, -0.1) is 11.3 Å². The molecule has 1 aliphatic heterocycles. The lowest BCUT2D eigenvalue weighted by Crippen LogP contribution is -2.17. The zero-order valence-electron chi connectivity index (χ0n) is 13.4. The van der Waals surface area contributed by atoms with Crippen LogP contribution in [0.15, 0.2) is 36.4 Å². The Balaban J connectivity index is 1.73. The van der Waals surface area contributed by atoms with Crippen molar-refractivity contribution in [3.63, 3.8) is 0 Å². The van der Waals surface area contributed by atoms with Crippen molar-refractivity contribution in [2.24, 2.45) is 0 Å². The molecular weight excluding hydrogens is 274 g/mol. The predicted octanol–water partition coefficient (Wildman–Crippen LogP) is 5.31. The van der Waals surface area contributed by atoms with Gasteiger partial charge in [0, 0.05) is 16.3 Å². The van der Waals surface area contributed by atoms with Crippen LogP contribution in [0.25, 0.3) is 10.4 Å². The van der Waals surface area contributed by atoms with Gasteiger partial charge in [-0.1, -0.05) is 45.0 Å². The van der Waals surface area contributed by atoms with E-state index in [1.165, 1.54) is 46.8 Å². The van der Waals surface area contributed by atoms with Gasteiger partial charge < -0.3 is 0 Å². The number of rotatable bonds is 3. The maximum atomic E-state index is 2.57. The van der Waals surface area contributed by atoms with E-state index in [9.17, 15) is 0 Å². The topological polar surface area (TPSA) is 3.24 Å². The maximum Gasteiger partial charge on any atom is 0.0346 e. The van der Waals surface area contributed by atoms with E-state index in [4.69, 9.17) is 0 Å². The second-order valence-corrected chi connectivity index (χ2v) is 8.24. The van der Waals surface area contributed by atoms with E-state index < -0.39 is 0 Å². The quantitative estimate of drug-likeness (QED) is 0.742. The molecule has 2 heteroatoms. The Morgan fingerprint density at radius 2 is 1.62 bits per heavy atom. The fourth-order valence-electron chi connectivity index (χ4n) is 2.91. The summed E-state index contributed by atoms with van der Waals surface area (Å²) in [6.45, 7) is 10.5. The van der Waals surface area contributed by atoms with Crippen molar-refractivity contribution >= 4 is 11.3 Å². The molecule has 0 radical (unpaired) electrons.